The first kappa shape index (κ1) is 22.1. The second-order valence-electron chi connectivity index (χ2n) is 8.51. The number of carbonyl (C=O) groups is 1. The molecule has 1 amide bonds. The number of fused-ring (bicyclic) bond motifs is 1. The molecule has 5 rings (SSSR count). The maximum atomic E-state index is 13.0. The monoisotopic (exact) mass is 476 g/mol. The Kier molecular flexibility index (Phi) is 6.44. The molecule has 3 aromatic heterocycles. The molecule has 0 saturated heterocycles. The average Bonchev–Trinajstić information content (AvgIpc) is 3.55. The van der Waals surface area contributed by atoms with E-state index in [-0.39, 0.29) is 11.9 Å². The van der Waals surface area contributed by atoms with Gasteiger partial charge in [0.15, 0.2) is 0 Å². The first-order valence-electron chi connectivity index (χ1n) is 11.3. The molecule has 170 valence electrons. The summed E-state index contributed by atoms with van der Waals surface area (Å²) in [5.41, 5.74) is 5.76. The van der Waals surface area contributed by atoms with Gasteiger partial charge in [0, 0.05) is 34.1 Å². The van der Waals surface area contributed by atoms with Gasteiger partial charge in [0.1, 0.15) is 0 Å². The first-order valence-corrected chi connectivity index (χ1v) is 13.0. The van der Waals surface area contributed by atoms with Crippen LogP contribution in [0, 0.1) is 13.8 Å². The molecular formula is C26H28N4OS2. The van der Waals surface area contributed by atoms with Gasteiger partial charge in [0.2, 0.25) is 5.91 Å². The van der Waals surface area contributed by atoms with E-state index in [0.717, 1.165) is 36.5 Å². The summed E-state index contributed by atoms with van der Waals surface area (Å²) >= 11 is 3.59. The van der Waals surface area contributed by atoms with Crippen molar-refractivity contribution in [3.8, 4) is 0 Å². The molecule has 0 fully saturated rings. The summed E-state index contributed by atoms with van der Waals surface area (Å²) in [4.78, 5) is 18.1. The van der Waals surface area contributed by atoms with Crippen molar-refractivity contribution in [1.29, 1.82) is 0 Å². The number of thiophene rings is 2. The quantitative estimate of drug-likeness (QED) is 0.411. The standard InChI is InChI=1S/C26H28N4OS2/c1-18-22(19(2)30(28-18)16-20-7-4-3-5-8-20)15-27-25(31)17-29-12-10-23-21(11-14-33-23)26(29)24-9-6-13-32-24/h3-9,11,13-14,26H,10,12,15-17H2,1-2H3,(H,27,31)/t26-/m1/s1. The topological polar surface area (TPSA) is 50.2 Å². The van der Waals surface area contributed by atoms with Gasteiger partial charge in [-0.05, 0) is 54.3 Å². The van der Waals surface area contributed by atoms with E-state index in [1.54, 1.807) is 11.3 Å². The van der Waals surface area contributed by atoms with Crippen LogP contribution in [0.5, 0.6) is 0 Å². The highest BCUT2D eigenvalue weighted by molar-refractivity contribution is 7.10. The summed E-state index contributed by atoms with van der Waals surface area (Å²) in [6.07, 6.45) is 1.01. The molecule has 0 unspecified atom stereocenters. The third-order valence-corrected chi connectivity index (χ3v) is 8.32. The number of hydrogen-bond donors (Lipinski definition) is 1. The van der Waals surface area contributed by atoms with Crippen molar-refractivity contribution < 1.29 is 4.79 Å². The summed E-state index contributed by atoms with van der Waals surface area (Å²) in [6, 6.07) is 17.0. The van der Waals surface area contributed by atoms with Crippen molar-refractivity contribution in [3.63, 3.8) is 0 Å². The second kappa shape index (κ2) is 9.63. The largest absolute Gasteiger partial charge is 0.351 e. The van der Waals surface area contributed by atoms with E-state index in [2.05, 4.69) is 58.2 Å². The van der Waals surface area contributed by atoms with E-state index in [1.807, 2.05) is 41.1 Å². The third-order valence-electron chi connectivity index (χ3n) is 6.39. The fourth-order valence-electron chi connectivity index (χ4n) is 4.65. The lowest BCUT2D eigenvalue weighted by Crippen LogP contribution is -2.42. The minimum Gasteiger partial charge on any atom is -0.351 e. The Morgan fingerprint density at radius 3 is 2.73 bits per heavy atom. The summed E-state index contributed by atoms with van der Waals surface area (Å²) in [7, 11) is 0. The maximum Gasteiger partial charge on any atom is 0.234 e. The van der Waals surface area contributed by atoms with Gasteiger partial charge in [-0.2, -0.15) is 5.10 Å². The van der Waals surface area contributed by atoms with Crippen LogP contribution in [-0.4, -0.2) is 33.7 Å². The minimum atomic E-state index is 0.0600. The molecule has 1 N–H and O–H groups in total. The van der Waals surface area contributed by atoms with Crippen LogP contribution in [0.4, 0.5) is 0 Å². The van der Waals surface area contributed by atoms with Crippen molar-refractivity contribution >= 4 is 28.6 Å². The van der Waals surface area contributed by atoms with Crippen LogP contribution in [0.1, 0.15) is 43.9 Å². The highest BCUT2D eigenvalue weighted by Gasteiger charge is 2.31. The van der Waals surface area contributed by atoms with E-state index in [9.17, 15) is 4.79 Å². The first-order chi connectivity index (χ1) is 16.1. The van der Waals surface area contributed by atoms with Crippen LogP contribution < -0.4 is 5.32 Å². The molecule has 33 heavy (non-hydrogen) atoms. The number of aromatic nitrogens is 2. The minimum absolute atomic E-state index is 0.0600. The Labute approximate surface area is 202 Å². The van der Waals surface area contributed by atoms with Crippen LogP contribution in [-0.2, 0) is 24.3 Å². The van der Waals surface area contributed by atoms with E-state index in [0.29, 0.717) is 13.1 Å². The Hall–Kier alpha value is -2.74. The van der Waals surface area contributed by atoms with E-state index in [1.165, 1.54) is 20.9 Å². The molecule has 1 aromatic carbocycles. The van der Waals surface area contributed by atoms with Crippen LogP contribution in [0.2, 0.25) is 0 Å². The van der Waals surface area contributed by atoms with Gasteiger partial charge in [-0.15, -0.1) is 22.7 Å². The zero-order valence-electron chi connectivity index (χ0n) is 19.0. The normalized spacial score (nSPS) is 16.0. The van der Waals surface area contributed by atoms with Gasteiger partial charge in [-0.1, -0.05) is 36.4 Å². The van der Waals surface area contributed by atoms with Crippen LogP contribution in [0.25, 0.3) is 0 Å². The fourth-order valence-corrected chi connectivity index (χ4v) is 6.43. The van der Waals surface area contributed by atoms with Gasteiger partial charge in [-0.3, -0.25) is 14.4 Å². The summed E-state index contributed by atoms with van der Waals surface area (Å²) in [5, 5.41) is 12.2. The van der Waals surface area contributed by atoms with Gasteiger partial charge in [0.25, 0.3) is 0 Å². The van der Waals surface area contributed by atoms with Gasteiger partial charge in [-0.25, -0.2) is 0 Å². The fraction of sp³-hybridized carbons (Fsp3) is 0.308. The molecule has 0 radical (unpaired) electrons. The summed E-state index contributed by atoms with van der Waals surface area (Å²) in [6.45, 7) is 6.64. The zero-order valence-corrected chi connectivity index (χ0v) is 20.6. The lowest BCUT2D eigenvalue weighted by Gasteiger charge is -2.34. The Morgan fingerprint density at radius 1 is 1.09 bits per heavy atom. The number of benzene rings is 1. The molecule has 0 bridgehead atoms. The van der Waals surface area contributed by atoms with Crippen LogP contribution >= 0.6 is 22.7 Å². The predicted octanol–water partition coefficient (Wildman–Crippen LogP) is 4.94. The predicted molar refractivity (Wildman–Crippen MR) is 135 cm³/mol. The molecule has 1 aliphatic heterocycles. The number of hydrogen-bond acceptors (Lipinski definition) is 5. The Morgan fingerprint density at radius 2 is 1.94 bits per heavy atom. The van der Waals surface area contributed by atoms with Crippen molar-refractivity contribution in [1.82, 2.24) is 20.0 Å². The molecule has 0 saturated carbocycles. The Balaban J connectivity index is 1.26. The van der Waals surface area contributed by atoms with Crippen LogP contribution in [0.15, 0.2) is 59.3 Å². The summed E-state index contributed by atoms with van der Waals surface area (Å²) < 4.78 is 2.03. The van der Waals surface area contributed by atoms with Crippen LogP contribution in [0.3, 0.4) is 0 Å². The number of carbonyl (C=O) groups excluding carboxylic acids is 1. The second-order valence-corrected chi connectivity index (χ2v) is 10.5. The molecule has 0 aliphatic carbocycles. The molecule has 4 aromatic rings. The Bertz CT molecular complexity index is 1230. The van der Waals surface area contributed by atoms with Crippen molar-refractivity contribution in [2.45, 2.75) is 39.4 Å². The van der Waals surface area contributed by atoms with E-state index >= 15 is 0 Å². The lowest BCUT2D eigenvalue weighted by molar-refractivity contribution is -0.122. The molecule has 1 aliphatic rings. The zero-order chi connectivity index (χ0) is 22.8. The number of rotatable bonds is 7. The molecule has 4 heterocycles. The number of amides is 1. The maximum absolute atomic E-state index is 13.0. The van der Waals surface area contributed by atoms with Crippen molar-refractivity contribution in [2.24, 2.45) is 0 Å². The van der Waals surface area contributed by atoms with Gasteiger partial charge in [0.05, 0.1) is 24.8 Å². The molecular weight excluding hydrogens is 448 g/mol. The number of aryl methyl sites for hydroxylation is 1. The highest BCUT2D eigenvalue weighted by Crippen LogP contribution is 2.39. The molecule has 1 atom stereocenters. The van der Waals surface area contributed by atoms with Crippen molar-refractivity contribution in [3.05, 3.63) is 97.1 Å². The van der Waals surface area contributed by atoms with Gasteiger partial charge < -0.3 is 5.32 Å². The molecule has 0 spiro atoms. The van der Waals surface area contributed by atoms with Crippen molar-refractivity contribution in [2.75, 3.05) is 13.1 Å². The molecule has 5 nitrogen and oxygen atoms in total. The average molecular weight is 477 g/mol. The highest BCUT2D eigenvalue weighted by atomic mass is 32.1. The summed E-state index contributed by atoms with van der Waals surface area (Å²) in [5.74, 6) is 0.0600. The number of nitrogens with one attached hydrogen (secondary N) is 1. The van der Waals surface area contributed by atoms with E-state index < -0.39 is 0 Å². The molecule has 7 heteroatoms. The van der Waals surface area contributed by atoms with E-state index in [4.69, 9.17) is 5.10 Å². The van der Waals surface area contributed by atoms with Gasteiger partial charge >= 0.3 is 0 Å². The number of nitrogens with zero attached hydrogens (tertiary/aromatic N) is 3. The smallest absolute Gasteiger partial charge is 0.234 e. The SMILES string of the molecule is Cc1nn(Cc2ccccc2)c(C)c1CNC(=O)CN1CCc2sccc2[C@@H]1c1cccs1. The third kappa shape index (κ3) is 4.67. The lowest BCUT2D eigenvalue weighted by atomic mass is 9.98.